The molecule has 1 aromatic rings. The van der Waals surface area contributed by atoms with Gasteiger partial charge in [-0.1, -0.05) is 0 Å². The summed E-state index contributed by atoms with van der Waals surface area (Å²) in [5, 5.41) is 10.8. The van der Waals surface area contributed by atoms with Crippen molar-refractivity contribution in [2.75, 3.05) is 14.2 Å². The zero-order valence-electron chi connectivity index (χ0n) is 10.1. The van der Waals surface area contributed by atoms with Gasteiger partial charge in [0, 0.05) is 6.07 Å². The molecule has 0 spiro atoms. The van der Waals surface area contributed by atoms with Gasteiger partial charge in [0.25, 0.3) is 0 Å². The Hall–Kier alpha value is -2.32. The Balaban J connectivity index is 3.40. The number of alkyl halides is 2. The predicted molar refractivity (Wildman–Crippen MR) is 58.1 cm³/mol. The number of ether oxygens (including phenoxy) is 2. The van der Waals surface area contributed by atoms with Crippen LogP contribution in [-0.2, 0) is 16.0 Å². The third-order valence-electron chi connectivity index (χ3n) is 2.25. The number of halogens is 2. The van der Waals surface area contributed by atoms with Crippen molar-refractivity contribution in [1.29, 1.82) is 0 Å². The molecule has 1 aromatic heterocycles. The first-order valence-electron chi connectivity index (χ1n) is 4.97. The van der Waals surface area contributed by atoms with Crippen LogP contribution in [0, 0.1) is 10.1 Å². The monoisotopic (exact) mass is 276 g/mol. The minimum atomic E-state index is -2.99. The number of methoxy groups -OCH3 is 2. The fourth-order valence-electron chi connectivity index (χ4n) is 1.38. The SMILES string of the molecule is COC(=O)Cc1c(OC)cc(C(F)F)nc1[N+](=O)[O-]. The van der Waals surface area contributed by atoms with E-state index in [9.17, 15) is 23.7 Å². The maximum Gasteiger partial charge on any atom is 0.371 e. The number of esters is 1. The molecule has 1 heterocycles. The van der Waals surface area contributed by atoms with Crippen molar-refractivity contribution in [3.05, 3.63) is 27.4 Å². The highest BCUT2D eigenvalue weighted by molar-refractivity contribution is 5.75. The van der Waals surface area contributed by atoms with Crippen LogP contribution in [0.5, 0.6) is 5.75 Å². The highest BCUT2D eigenvalue weighted by Gasteiger charge is 2.28. The van der Waals surface area contributed by atoms with Crippen LogP contribution in [0.25, 0.3) is 0 Å². The second-order valence-corrected chi connectivity index (χ2v) is 3.36. The van der Waals surface area contributed by atoms with E-state index in [0.717, 1.165) is 20.3 Å². The largest absolute Gasteiger partial charge is 0.496 e. The maximum atomic E-state index is 12.6. The van der Waals surface area contributed by atoms with Crippen molar-refractivity contribution in [3.8, 4) is 5.75 Å². The second kappa shape index (κ2) is 6.03. The molecule has 0 radical (unpaired) electrons. The molecule has 0 aliphatic carbocycles. The first-order valence-corrected chi connectivity index (χ1v) is 4.97. The lowest BCUT2D eigenvalue weighted by Gasteiger charge is -2.08. The number of pyridine rings is 1. The van der Waals surface area contributed by atoms with Gasteiger partial charge in [-0.15, -0.1) is 0 Å². The zero-order valence-corrected chi connectivity index (χ0v) is 10.1. The molecule has 0 aromatic carbocycles. The number of rotatable bonds is 5. The maximum absolute atomic E-state index is 12.6. The Morgan fingerprint density at radius 1 is 1.53 bits per heavy atom. The van der Waals surface area contributed by atoms with Crippen LogP contribution >= 0.6 is 0 Å². The fraction of sp³-hybridized carbons (Fsp3) is 0.400. The minimum Gasteiger partial charge on any atom is -0.496 e. The quantitative estimate of drug-likeness (QED) is 0.461. The van der Waals surface area contributed by atoms with Gasteiger partial charge in [-0.05, 0) is 9.91 Å². The van der Waals surface area contributed by atoms with Gasteiger partial charge in [-0.3, -0.25) is 4.79 Å². The molecular formula is C10H10F2N2O5. The Kier molecular flexibility index (Phi) is 4.67. The summed E-state index contributed by atoms with van der Waals surface area (Å²) in [6.07, 6.45) is -3.48. The van der Waals surface area contributed by atoms with Crippen LogP contribution in [0.3, 0.4) is 0 Å². The molecule has 19 heavy (non-hydrogen) atoms. The average Bonchev–Trinajstić information content (AvgIpc) is 2.37. The molecule has 0 unspecified atom stereocenters. The van der Waals surface area contributed by atoms with Crippen LogP contribution in [0.1, 0.15) is 17.7 Å². The van der Waals surface area contributed by atoms with Crippen molar-refractivity contribution in [1.82, 2.24) is 4.98 Å². The number of carbonyl (C=O) groups is 1. The van der Waals surface area contributed by atoms with Crippen LogP contribution in [-0.4, -0.2) is 30.1 Å². The van der Waals surface area contributed by atoms with Crippen molar-refractivity contribution in [2.24, 2.45) is 0 Å². The van der Waals surface area contributed by atoms with Crippen LogP contribution in [0.15, 0.2) is 6.07 Å². The van der Waals surface area contributed by atoms with Crippen LogP contribution in [0.4, 0.5) is 14.6 Å². The average molecular weight is 276 g/mol. The number of nitrogens with zero attached hydrogens (tertiary/aromatic N) is 2. The summed E-state index contributed by atoms with van der Waals surface area (Å²) in [6.45, 7) is 0. The number of aromatic nitrogens is 1. The summed E-state index contributed by atoms with van der Waals surface area (Å²) in [5.74, 6) is -1.82. The van der Waals surface area contributed by atoms with E-state index in [1.165, 1.54) is 0 Å². The molecule has 0 aliphatic rings. The molecule has 1 rings (SSSR count). The van der Waals surface area contributed by atoms with E-state index >= 15 is 0 Å². The summed E-state index contributed by atoms with van der Waals surface area (Å²) in [6, 6.07) is 0.857. The number of carbonyl (C=O) groups excluding carboxylic acids is 1. The Morgan fingerprint density at radius 3 is 2.58 bits per heavy atom. The minimum absolute atomic E-state index is 0.205. The summed E-state index contributed by atoms with van der Waals surface area (Å²) < 4.78 is 34.3. The first-order chi connectivity index (χ1) is 8.90. The molecule has 0 N–H and O–H groups in total. The molecule has 7 nitrogen and oxygen atoms in total. The van der Waals surface area contributed by atoms with Crippen LogP contribution < -0.4 is 4.74 Å². The lowest BCUT2D eigenvalue weighted by atomic mass is 10.1. The van der Waals surface area contributed by atoms with Crippen molar-refractivity contribution < 1.29 is 28.0 Å². The van der Waals surface area contributed by atoms with Crippen molar-refractivity contribution in [3.63, 3.8) is 0 Å². The van der Waals surface area contributed by atoms with Gasteiger partial charge in [0.05, 0.1) is 20.6 Å². The molecule has 0 bridgehead atoms. The molecule has 0 fully saturated rings. The van der Waals surface area contributed by atoms with Gasteiger partial charge in [0.15, 0.2) is 0 Å². The van der Waals surface area contributed by atoms with Gasteiger partial charge < -0.3 is 19.6 Å². The topological polar surface area (TPSA) is 91.6 Å². The van der Waals surface area contributed by atoms with E-state index < -0.39 is 35.3 Å². The Morgan fingerprint density at radius 2 is 2.16 bits per heavy atom. The van der Waals surface area contributed by atoms with Gasteiger partial charge >= 0.3 is 18.2 Å². The van der Waals surface area contributed by atoms with E-state index in [1.54, 1.807) is 0 Å². The van der Waals surface area contributed by atoms with Crippen LogP contribution in [0.2, 0.25) is 0 Å². The highest BCUT2D eigenvalue weighted by atomic mass is 19.3. The van der Waals surface area contributed by atoms with Gasteiger partial charge in [0.1, 0.15) is 11.3 Å². The standard InChI is InChI=1S/C10H10F2N2O5/c1-18-7-4-6(9(11)12)13-10(14(16)17)5(7)3-8(15)19-2/h4,9H,3H2,1-2H3. The van der Waals surface area contributed by atoms with E-state index in [2.05, 4.69) is 9.72 Å². The lowest BCUT2D eigenvalue weighted by Crippen LogP contribution is -2.11. The third-order valence-corrected chi connectivity index (χ3v) is 2.25. The number of hydrogen-bond acceptors (Lipinski definition) is 6. The molecule has 104 valence electrons. The summed E-state index contributed by atoms with van der Waals surface area (Å²) in [4.78, 5) is 24.3. The number of hydrogen-bond donors (Lipinski definition) is 0. The predicted octanol–water partition coefficient (Wildman–Crippen LogP) is 1.65. The third kappa shape index (κ3) is 3.33. The molecule has 9 heteroatoms. The summed E-state index contributed by atoms with van der Waals surface area (Å²) in [5.41, 5.74) is -0.999. The Labute approximate surface area is 106 Å². The molecule has 0 saturated carbocycles. The molecule has 0 amide bonds. The molecule has 0 atom stereocenters. The lowest BCUT2D eigenvalue weighted by molar-refractivity contribution is -0.390. The zero-order chi connectivity index (χ0) is 14.6. The molecule has 0 saturated heterocycles. The van der Waals surface area contributed by atoms with Crippen molar-refractivity contribution >= 4 is 11.8 Å². The van der Waals surface area contributed by atoms with E-state index in [-0.39, 0.29) is 11.3 Å². The summed E-state index contributed by atoms with van der Waals surface area (Å²) >= 11 is 0. The van der Waals surface area contributed by atoms with Gasteiger partial charge in [0.2, 0.25) is 5.69 Å². The van der Waals surface area contributed by atoms with Gasteiger partial charge in [-0.2, -0.15) is 0 Å². The summed E-state index contributed by atoms with van der Waals surface area (Å²) in [7, 11) is 2.25. The molecule has 0 aliphatic heterocycles. The Bertz CT molecular complexity index is 507. The van der Waals surface area contributed by atoms with E-state index in [0.29, 0.717) is 0 Å². The number of nitro groups is 1. The van der Waals surface area contributed by atoms with Gasteiger partial charge in [-0.25, -0.2) is 8.78 Å². The van der Waals surface area contributed by atoms with E-state index in [1.807, 2.05) is 0 Å². The normalized spacial score (nSPS) is 10.4. The molecular weight excluding hydrogens is 266 g/mol. The smallest absolute Gasteiger partial charge is 0.371 e. The van der Waals surface area contributed by atoms with Crippen molar-refractivity contribution in [2.45, 2.75) is 12.8 Å². The van der Waals surface area contributed by atoms with E-state index in [4.69, 9.17) is 4.74 Å². The first kappa shape index (κ1) is 14.7. The fourth-order valence-corrected chi connectivity index (χ4v) is 1.38. The second-order valence-electron chi connectivity index (χ2n) is 3.36. The highest BCUT2D eigenvalue weighted by Crippen LogP contribution is 2.31.